The number of hydrogen-bond acceptors (Lipinski definition) is 4. The van der Waals surface area contributed by atoms with E-state index in [4.69, 9.17) is 23.8 Å². The predicted octanol–water partition coefficient (Wildman–Crippen LogP) is 5.06. The lowest BCUT2D eigenvalue weighted by molar-refractivity contribution is -0.121. The third-order valence-corrected chi connectivity index (χ3v) is 5.42. The summed E-state index contributed by atoms with van der Waals surface area (Å²) in [5.41, 5.74) is 2.41. The second-order valence-electron chi connectivity index (χ2n) is 5.46. The van der Waals surface area contributed by atoms with Crippen molar-refractivity contribution in [2.24, 2.45) is 0 Å². The molecule has 7 heteroatoms. The van der Waals surface area contributed by atoms with Crippen LogP contribution in [0.25, 0.3) is 6.08 Å². The molecule has 0 saturated carbocycles. The van der Waals surface area contributed by atoms with E-state index in [2.05, 4.69) is 5.32 Å². The molecule has 0 spiro atoms. The van der Waals surface area contributed by atoms with E-state index in [1.807, 2.05) is 19.1 Å². The van der Waals surface area contributed by atoms with E-state index in [0.29, 0.717) is 19.8 Å². The molecule has 0 aromatic heterocycles. The van der Waals surface area contributed by atoms with Crippen LogP contribution in [0.3, 0.4) is 0 Å². The summed E-state index contributed by atoms with van der Waals surface area (Å²) in [7, 11) is 0. The van der Waals surface area contributed by atoms with Crippen molar-refractivity contribution in [1.82, 2.24) is 4.90 Å². The zero-order chi connectivity index (χ0) is 18.0. The maximum absolute atomic E-state index is 13.3. The number of anilines is 1. The Balaban J connectivity index is 1.72. The Morgan fingerprint density at radius 3 is 2.84 bits per heavy atom. The van der Waals surface area contributed by atoms with Gasteiger partial charge < -0.3 is 5.32 Å². The monoisotopic (exact) mass is 392 g/mol. The lowest BCUT2D eigenvalue weighted by atomic mass is 10.2. The van der Waals surface area contributed by atoms with Crippen molar-refractivity contribution >= 4 is 57.6 Å². The van der Waals surface area contributed by atoms with Crippen molar-refractivity contribution in [3.05, 3.63) is 69.3 Å². The number of carbonyl (C=O) groups is 1. The molecular formula is C18H14ClFN2OS2. The molecule has 1 saturated heterocycles. The minimum atomic E-state index is -0.345. The molecule has 1 amide bonds. The second-order valence-corrected chi connectivity index (χ2v) is 7.55. The van der Waals surface area contributed by atoms with Gasteiger partial charge in [-0.25, -0.2) is 4.39 Å². The Morgan fingerprint density at radius 2 is 2.12 bits per heavy atom. The normalized spacial score (nSPS) is 16.0. The van der Waals surface area contributed by atoms with E-state index in [-0.39, 0.29) is 18.4 Å². The number of rotatable bonds is 4. The zero-order valence-corrected chi connectivity index (χ0v) is 15.6. The van der Waals surface area contributed by atoms with Gasteiger partial charge in [0.25, 0.3) is 5.91 Å². The number of benzene rings is 2. The largest absolute Gasteiger partial charge is 0.367 e. The lowest BCUT2D eigenvalue weighted by Gasteiger charge is -2.16. The molecule has 2 aromatic carbocycles. The number of nitrogens with zero attached hydrogens (tertiary/aromatic N) is 1. The van der Waals surface area contributed by atoms with Crippen LogP contribution in [0.15, 0.2) is 47.4 Å². The van der Waals surface area contributed by atoms with Crippen molar-refractivity contribution in [2.45, 2.75) is 6.92 Å². The molecule has 1 aliphatic heterocycles. The molecular weight excluding hydrogens is 379 g/mol. The van der Waals surface area contributed by atoms with Gasteiger partial charge in [-0.3, -0.25) is 9.69 Å². The lowest BCUT2D eigenvalue weighted by Crippen LogP contribution is -2.33. The Labute approximate surface area is 159 Å². The van der Waals surface area contributed by atoms with Crippen LogP contribution in [0, 0.1) is 12.7 Å². The topological polar surface area (TPSA) is 32.3 Å². The maximum atomic E-state index is 13.3. The van der Waals surface area contributed by atoms with Gasteiger partial charge in [0.1, 0.15) is 10.1 Å². The number of aryl methyl sites for hydroxylation is 1. The molecule has 1 aliphatic rings. The van der Waals surface area contributed by atoms with E-state index in [1.165, 1.54) is 28.8 Å². The Kier molecular flexibility index (Phi) is 5.42. The van der Waals surface area contributed by atoms with Crippen LogP contribution in [0.4, 0.5) is 10.1 Å². The summed E-state index contributed by atoms with van der Waals surface area (Å²) in [5, 5.41) is 3.80. The molecule has 128 valence electrons. The molecule has 3 rings (SSSR count). The quantitative estimate of drug-likeness (QED) is 0.582. The first kappa shape index (κ1) is 17.9. The van der Waals surface area contributed by atoms with E-state index in [0.717, 1.165) is 11.3 Å². The number of hydrogen-bond donors (Lipinski definition) is 1. The molecule has 1 heterocycles. The predicted molar refractivity (Wildman–Crippen MR) is 106 cm³/mol. The first-order chi connectivity index (χ1) is 11.9. The van der Waals surface area contributed by atoms with Gasteiger partial charge in [-0.2, -0.15) is 0 Å². The fraction of sp³-hybridized carbons (Fsp3) is 0.111. The maximum Gasteiger partial charge on any atom is 0.267 e. The van der Waals surface area contributed by atoms with Crippen LogP contribution in [0.1, 0.15) is 11.1 Å². The first-order valence-electron chi connectivity index (χ1n) is 7.45. The van der Waals surface area contributed by atoms with Crippen LogP contribution in [-0.4, -0.2) is 21.8 Å². The molecule has 0 atom stereocenters. The smallest absolute Gasteiger partial charge is 0.267 e. The van der Waals surface area contributed by atoms with Crippen molar-refractivity contribution in [2.75, 3.05) is 12.0 Å². The van der Waals surface area contributed by atoms with Gasteiger partial charge in [0.2, 0.25) is 0 Å². The summed E-state index contributed by atoms with van der Waals surface area (Å²) >= 11 is 12.6. The summed E-state index contributed by atoms with van der Waals surface area (Å²) in [6.07, 6.45) is 1.64. The summed E-state index contributed by atoms with van der Waals surface area (Å²) in [6.45, 7) is 2.16. The Morgan fingerprint density at radius 1 is 1.32 bits per heavy atom. The summed E-state index contributed by atoms with van der Waals surface area (Å²) in [6, 6.07) is 11.7. The molecule has 0 radical (unpaired) electrons. The molecule has 3 nitrogen and oxygen atoms in total. The Bertz CT molecular complexity index is 885. The van der Waals surface area contributed by atoms with E-state index >= 15 is 0 Å². The number of halogens is 2. The van der Waals surface area contributed by atoms with Crippen molar-refractivity contribution in [1.29, 1.82) is 0 Å². The Hall–Kier alpha value is -1.89. The highest BCUT2D eigenvalue weighted by molar-refractivity contribution is 8.26. The van der Waals surface area contributed by atoms with Gasteiger partial charge in [0.15, 0.2) is 0 Å². The van der Waals surface area contributed by atoms with Gasteiger partial charge in [-0.15, -0.1) is 0 Å². The number of amides is 1. The summed E-state index contributed by atoms with van der Waals surface area (Å²) in [4.78, 5) is 14.5. The standard InChI is InChI=1S/C18H14ClFN2OS2/c1-11-5-6-14(9-15(11)19)21-10-22-17(23)16(25-18(22)24)8-12-3-2-4-13(20)7-12/h2-9,21H,10H2,1H3/b16-8+. The van der Waals surface area contributed by atoms with Crippen molar-refractivity contribution in [3.8, 4) is 0 Å². The van der Waals surface area contributed by atoms with Crippen LogP contribution in [0.2, 0.25) is 5.02 Å². The highest BCUT2D eigenvalue weighted by Crippen LogP contribution is 2.32. The first-order valence-corrected chi connectivity index (χ1v) is 9.05. The fourth-order valence-corrected chi connectivity index (χ4v) is 3.69. The summed E-state index contributed by atoms with van der Waals surface area (Å²) in [5.74, 6) is -0.549. The fourth-order valence-electron chi connectivity index (χ4n) is 2.26. The van der Waals surface area contributed by atoms with Gasteiger partial charge in [0, 0.05) is 10.7 Å². The third-order valence-electron chi connectivity index (χ3n) is 3.63. The number of thioether (sulfide) groups is 1. The summed E-state index contributed by atoms with van der Waals surface area (Å²) < 4.78 is 13.7. The minimum absolute atomic E-state index is 0.204. The zero-order valence-electron chi connectivity index (χ0n) is 13.3. The average molecular weight is 393 g/mol. The van der Waals surface area contributed by atoms with E-state index in [1.54, 1.807) is 24.3 Å². The minimum Gasteiger partial charge on any atom is -0.367 e. The number of nitrogens with one attached hydrogen (secondary N) is 1. The highest BCUT2D eigenvalue weighted by Gasteiger charge is 2.31. The second kappa shape index (κ2) is 7.56. The molecule has 0 aliphatic carbocycles. The van der Waals surface area contributed by atoms with Crippen molar-refractivity contribution < 1.29 is 9.18 Å². The number of thiocarbonyl (C=S) groups is 1. The number of carbonyl (C=O) groups excluding carboxylic acids is 1. The van der Waals surface area contributed by atoms with Gasteiger partial charge >= 0.3 is 0 Å². The van der Waals surface area contributed by atoms with Crippen molar-refractivity contribution in [3.63, 3.8) is 0 Å². The molecule has 0 bridgehead atoms. The van der Waals surface area contributed by atoms with Crippen LogP contribution >= 0.6 is 35.6 Å². The van der Waals surface area contributed by atoms with Crippen LogP contribution in [-0.2, 0) is 4.79 Å². The molecule has 1 fully saturated rings. The van der Waals surface area contributed by atoms with Gasteiger partial charge in [-0.1, -0.05) is 53.8 Å². The van der Waals surface area contributed by atoms with E-state index < -0.39 is 0 Å². The molecule has 2 aromatic rings. The molecule has 1 N–H and O–H groups in total. The SMILES string of the molecule is Cc1ccc(NCN2C(=O)/C(=C\c3cccc(F)c3)SC2=S)cc1Cl. The average Bonchev–Trinajstić information content (AvgIpc) is 2.82. The van der Waals surface area contributed by atoms with Crippen LogP contribution in [0.5, 0.6) is 0 Å². The van der Waals surface area contributed by atoms with E-state index in [9.17, 15) is 9.18 Å². The highest BCUT2D eigenvalue weighted by atomic mass is 35.5. The molecule has 0 unspecified atom stereocenters. The third kappa shape index (κ3) is 4.21. The van der Waals surface area contributed by atoms with Gasteiger partial charge in [0.05, 0.1) is 11.6 Å². The molecule has 25 heavy (non-hydrogen) atoms. The van der Waals surface area contributed by atoms with Crippen LogP contribution < -0.4 is 5.32 Å². The van der Waals surface area contributed by atoms with Gasteiger partial charge in [-0.05, 0) is 48.4 Å².